The molecule has 0 fully saturated rings. The van der Waals surface area contributed by atoms with Crippen molar-refractivity contribution in [1.29, 1.82) is 0 Å². The van der Waals surface area contributed by atoms with Gasteiger partial charge < -0.3 is 15.2 Å². The van der Waals surface area contributed by atoms with E-state index in [1.807, 2.05) is 0 Å². The maximum atomic E-state index is 12.6. The third-order valence-electron chi connectivity index (χ3n) is 7.33. The zero-order valence-electron chi connectivity index (χ0n) is 27.1. The fraction of sp³-hybridized carbons (Fsp3) is 0.750. The summed E-state index contributed by atoms with van der Waals surface area (Å²) >= 11 is 0. The van der Waals surface area contributed by atoms with Gasteiger partial charge in [-0.25, -0.2) is 0 Å². The number of carbonyl (C=O) groups excluding carboxylic acids is 2. The molecule has 0 aliphatic rings. The summed E-state index contributed by atoms with van der Waals surface area (Å²) in [6.07, 6.45) is 36.9. The maximum absolute atomic E-state index is 12.6. The normalized spacial score (nSPS) is 12.4. The lowest BCUT2D eigenvalue weighted by molar-refractivity contribution is -0.150. The minimum absolute atomic E-state index is 0.0170. The van der Waals surface area contributed by atoms with Gasteiger partial charge in [-0.2, -0.15) is 0 Å². The second kappa shape index (κ2) is 31.6. The SMILES string of the molecule is CC/C=C\C/C=C\C/C=C\CCCCCC(=O)OC(CCCCCCCCC)CCCCCCCC(=O)NCC(=O)O. The Kier molecular flexibility index (Phi) is 29.8. The largest absolute Gasteiger partial charge is 0.480 e. The number of amides is 1. The number of allylic oxidation sites excluding steroid dienone is 6. The van der Waals surface area contributed by atoms with Crippen molar-refractivity contribution >= 4 is 17.8 Å². The molecular weight excluding hydrogens is 526 g/mol. The Labute approximate surface area is 257 Å². The molecule has 6 nitrogen and oxygen atoms in total. The summed E-state index contributed by atoms with van der Waals surface area (Å²) in [5.74, 6) is -1.27. The molecule has 242 valence electrons. The molecule has 0 saturated carbocycles. The van der Waals surface area contributed by atoms with E-state index in [1.165, 1.54) is 38.5 Å². The Morgan fingerprint density at radius 3 is 1.79 bits per heavy atom. The summed E-state index contributed by atoms with van der Waals surface area (Å²) in [7, 11) is 0. The van der Waals surface area contributed by atoms with E-state index in [9.17, 15) is 14.4 Å². The van der Waals surface area contributed by atoms with E-state index in [-0.39, 0.29) is 24.5 Å². The number of esters is 1. The van der Waals surface area contributed by atoms with E-state index in [2.05, 4.69) is 55.6 Å². The topological polar surface area (TPSA) is 92.7 Å². The number of hydrogen-bond donors (Lipinski definition) is 2. The second-order valence-corrected chi connectivity index (χ2v) is 11.4. The van der Waals surface area contributed by atoms with Crippen LogP contribution in [0.2, 0.25) is 0 Å². The third-order valence-corrected chi connectivity index (χ3v) is 7.33. The molecule has 0 aliphatic carbocycles. The van der Waals surface area contributed by atoms with Crippen molar-refractivity contribution in [2.75, 3.05) is 6.54 Å². The average Bonchev–Trinajstić information content (AvgIpc) is 2.97. The van der Waals surface area contributed by atoms with E-state index in [0.29, 0.717) is 12.8 Å². The monoisotopic (exact) mass is 589 g/mol. The minimum Gasteiger partial charge on any atom is -0.480 e. The number of carboxylic acid groups (broad SMARTS) is 1. The number of unbranched alkanes of at least 4 members (excludes halogenated alkanes) is 13. The molecule has 0 aromatic carbocycles. The van der Waals surface area contributed by atoms with Crippen LogP contribution in [0.3, 0.4) is 0 Å². The fourth-order valence-corrected chi connectivity index (χ4v) is 4.82. The number of nitrogens with one attached hydrogen (secondary N) is 1. The molecule has 1 amide bonds. The number of ether oxygens (including phenoxy) is 1. The molecule has 0 heterocycles. The van der Waals surface area contributed by atoms with Crippen LogP contribution in [0.4, 0.5) is 0 Å². The number of carbonyl (C=O) groups is 3. The molecule has 2 N–H and O–H groups in total. The first-order valence-corrected chi connectivity index (χ1v) is 17.1. The highest BCUT2D eigenvalue weighted by Gasteiger charge is 2.14. The van der Waals surface area contributed by atoms with Crippen molar-refractivity contribution in [3.05, 3.63) is 36.5 Å². The third kappa shape index (κ3) is 30.6. The van der Waals surface area contributed by atoms with Gasteiger partial charge in [0.05, 0.1) is 0 Å². The number of rotatable bonds is 30. The zero-order valence-corrected chi connectivity index (χ0v) is 27.1. The Morgan fingerprint density at radius 2 is 1.17 bits per heavy atom. The van der Waals surface area contributed by atoms with Crippen LogP contribution >= 0.6 is 0 Å². The highest BCUT2D eigenvalue weighted by Crippen LogP contribution is 2.18. The first kappa shape index (κ1) is 39.6. The molecule has 0 rings (SSSR count). The zero-order chi connectivity index (χ0) is 30.9. The van der Waals surface area contributed by atoms with E-state index < -0.39 is 5.97 Å². The quantitative estimate of drug-likeness (QED) is 0.0494. The van der Waals surface area contributed by atoms with Gasteiger partial charge in [-0.3, -0.25) is 14.4 Å². The standard InChI is InChI=1S/C36H63NO5/c1-3-5-7-9-11-12-13-14-15-16-18-23-27-31-36(41)42-33(28-24-20-17-10-8-6-4-2)29-25-21-19-22-26-30-34(38)37-32-35(39)40/h5,7,11-12,14-15,33H,3-4,6,8-10,13,16-32H2,1-2H3,(H,37,38)(H,39,40)/b7-5-,12-11-,15-14-. The molecule has 0 spiro atoms. The van der Waals surface area contributed by atoms with E-state index in [0.717, 1.165) is 96.3 Å². The van der Waals surface area contributed by atoms with Crippen molar-refractivity contribution in [3.8, 4) is 0 Å². The summed E-state index contributed by atoms with van der Waals surface area (Å²) in [6.45, 7) is 4.07. The summed E-state index contributed by atoms with van der Waals surface area (Å²) in [4.78, 5) is 34.7. The highest BCUT2D eigenvalue weighted by molar-refractivity contribution is 5.80. The van der Waals surface area contributed by atoms with Crippen LogP contribution in [0.5, 0.6) is 0 Å². The predicted octanol–water partition coefficient (Wildman–Crippen LogP) is 9.78. The Bertz CT molecular complexity index is 743. The number of hydrogen-bond acceptors (Lipinski definition) is 4. The van der Waals surface area contributed by atoms with Crippen molar-refractivity contribution in [3.63, 3.8) is 0 Å². The molecule has 0 radical (unpaired) electrons. The number of aliphatic carboxylic acids is 1. The summed E-state index contributed by atoms with van der Waals surface area (Å²) in [5.41, 5.74) is 0. The second-order valence-electron chi connectivity index (χ2n) is 11.4. The van der Waals surface area contributed by atoms with Crippen LogP contribution in [0.25, 0.3) is 0 Å². The first-order valence-electron chi connectivity index (χ1n) is 17.1. The Hall–Kier alpha value is -2.37. The van der Waals surface area contributed by atoms with Gasteiger partial charge in [0, 0.05) is 12.8 Å². The van der Waals surface area contributed by atoms with Crippen LogP contribution in [-0.4, -0.2) is 35.6 Å². The molecule has 6 heteroatoms. The summed E-state index contributed by atoms with van der Waals surface area (Å²) < 4.78 is 5.94. The van der Waals surface area contributed by atoms with Crippen LogP contribution in [0, 0.1) is 0 Å². The van der Waals surface area contributed by atoms with Gasteiger partial charge in [-0.1, -0.05) is 115 Å². The van der Waals surface area contributed by atoms with Gasteiger partial charge in [0.15, 0.2) is 0 Å². The molecule has 42 heavy (non-hydrogen) atoms. The van der Waals surface area contributed by atoms with Gasteiger partial charge in [-0.15, -0.1) is 0 Å². The van der Waals surface area contributed by atoms with Crippen molar-refractivity contribution in [2.45, 2.75) is 168 Å². The van der Waals surface area contributed by atoms with Gasteiger partial charge >= 0.3 is 11.9 Å². The molecule has 1 atom stereocenters. The molecule has 0 aromatic rings. The summed E-state index contributed by atoms with van der Waals surface area (Å²) in [6, 6.07) is 0. The lowest BCUT2D eigenvalue weighted by atomic mass is 10.0. The molecule has 0 saturated heterocycles. The van der Waals surface area contributed by atoms with Crippen molar-refractivity contribution in [2.24, 2.45) is 0 Å². The van der Waals surface area contributed by atoms with Crippen molar-refractivity contribution < 1.29 is 24.2 Å². The Balaban J connectivity index is 4.16. The predicted molar refractivity (Wildman–Crippen MR) is 175 cm³/mol. The Morgan fingerprint density at radius 1 is 0.643 bits per heavy atom. The van der Waals surface area contributed by atoms with E-state index >= 15 is 0 Å². The lowest BCUT2D eigenvalue weighted by Crippen LogP contribution is -2.28. The summed E-state index contributed by atoms with van der Waals surface area (Å²) in [5, 5.41) is 11.0. The van der Waals surface area contributed by atoms with Crippen LogP contribution in [0.15, 0.2) is 36.5 Å². The van der Waals surface area contributed by atoms with Crippen LogP contribution in [0.1, 0.15) is 162 Å². The molecule has 0 aromatic heterocycles. The van der Waals surface area contributed by atoms with Gasteiger partial charge in [0.25, 0.3) is 0 Å². The van der Waals surface area contributed by atoms with E-state index in [4.69, 9.17) is 9.84 Å². The fourth-order valence-electron chi connectivity index (χ4n) is 4.82. The van der Waals surface area contributed by atoms with Crippen LogP contribution in [-0.2, 0) is 19.1 Å². The van der Waals surface area contributed by atoms with E-state index in [1.54, 1.807) is 0 Å². The molecular formula is C36H63NO5. The van der Waals surface area contributed by atoms with Crippen LogP contribution < -0.4 is 5.32 Å². The molecule has 0 aliphatic heterocycles. The first-order chi connectivity index (χ1) is 20.5. The smallest absolute Gasteiger partial charge is 0.322 e. The lowest BCUT2D eigenvalue weighted by Gasteiger charge is -2.18. The van der Waals surface area contributed by atoms with Gasteiger partial charge in [-0.05, 0) is 70.6 Å². The average molecular weight is 590 g/mol. The van der Waals surface area contributed by atoms with Gasteiger partial charge in [0.1, 0.15) is 12.6 Å². The maximum Gasteiger partial charge on any atom is 0.322 e. The minimum atomic E-state index is -1.02. The highest BCUT2D eigenvalue weighted by atomic mass is 16.5. The van der Waals surface area contributed by atoms with Gasteiger partial charge in [0.2, 0.25) is 5.91 Å². The number of carboxylic acids is 1. The molecule has 0 bridgehead atoms. The molecule has 1 unspecified atom stereocenters. The van der Waals surface area contributed by atoms with Crippen molar-refractivity contribution in [1.82, 2.24) is 5.32 Å².